The normalized spacial score (nSPS) is 20.8. The minimum atomic E-state index is -0.431. The summed E-state index contributed by atoms with van der Waals surface area (Å²) in [7, 11) is 0. The number of nitrogens with one attached hydrogen (secondary N) is 1. The molecule has 1 aromatic rings. The second-order valence-corrected chi connectivity index (χ2v) is 6.04. The molecule has 25 heavy (non-hydrogen) atoms. The van der Waals surface area contributed by atoms with Gasteiger partial charge in [0, 0.05) is 39.3 Å². The van der Waals surface area contributed by atoms with Gasteiger partial charge in [0.25, 0.3) is 5.91 Å². The van der Waals surface area contributed by atoms with E-state index in [1.807, 2.05) is 0 Å². The molecule has 0 aromatic heterocycles. The van der Waals surface area contributed by atoms with Crippen molar-refractivity contribution in [2.24, 2.45) is 0 Å². The number of nitrogens with zero attached hydrogens (tertiary/aromatic N) is 2. The predicted molar refractivity (Wildman–Crippen MR) is 93.1 cm³/mol. The Balaban J connectivity index is 0.00000225. The Hall–Kier alpha value is -1.70. The van der Waals surface area contributed by atoms with Crippen molar-refractivity contribution >= 4 is 24.2 Å². The van der Waals surface area contributed by atoms with Gasteiger partial charge >= 0.3 is 0 Å². The first kappa shape index (κ1) is 19.6. The van der Waals surface area contributed by atoms with Crippen LogP contribution in [-0.2, 0) is 20.7 Å². The molecule has 2 fully saturated rings. The van der Waals surface area contributed by atoms with Crippen molar-refractivity contribution in [3.8, 4) is 0 Å². The predicted octanol–water partition coefficient (Wildman–Crippen LogP) is 0.449. The third-order valence-electron chi connectivity index (χ3n) is 4.45. The van der Waals surface area contributed by atoms with Gasteiger partial charge in [0.2, 0.25) is 5.91 Å². The quantitative estimate of drug-likeness (QED) is 0.838. The van der Waals surface area contributed by atoms with Crippen molar-refractivity contribution in [2.45, 2.75) is 12.5 Å². The first-order valence-electron chi connectivity index (χ1n) is 8.27. The van der Waals surface area contributed by atoms with Crippen molar-refractivity contribution in [3.63, 3.8) is 0 Å². The third kappa shape index (κ3) is 4.90. The molecular weight excluding hydrogens is 349 g/mol. The molecule has 1 unspecified atom stereocenters. The van der Waals surface area contributed by atoms with Crippen LogP contribution < -0.4 is 5.32 Å². The molecule has 2 aliphatic rings. The number of carbonyl (C=O) groups excluding carboxylic acids is 2. The highest BCUT2D eigenvalue weighted by Crippen LogP contribution is 2.12. The maximum Gasteiger partial charge on any atom is 0.253 e. The first-order valence-corrected chi connectivity index (χ1v) is 8.27. The zero-order valence-electron chi connectivity index (χ0n) is 13.9. The van der Waals surface area contributed by atoms with Crippen LogP contribution >= 0.6 is 12.4 Å². The summed E-state index contributed by atoms with van der Waals surface area (Å²) in [4.78, 5) is 28.1. The van der Waals surface area contributed by atoms with Crippen molar-refractivity contribution in [1.29, 1.82) is 0 Å². The van der Waals surface area contributed by atoms with E-state index in [4.69, 9.17) is 4.74 Å². The van der Waals surface area contributed by atoms with Crippen LogP contribution in [0.15, 0.2) is 24.3 Å². The Kier molecular flexibility index (Phi) is 7.16. The van der Waals surface area contributed by atoms with Crippen LogP contribution in [0.5, 0.6) is 0 Å². The van der Waals surface area contributed by atoms with E-state index in [9.17, 15) is 14.0 Å². The lowest BCUT2D eigenvalue weighted by atomic mass is 10.1. The molecule has 6 nitrogen and oxygen atoms in total. The highest BCUT2D eigenvalue weighted by Gasteiger charge is 2.30. The van der Waals surface area contributed by atoms with Crippen LogP contribution in [-0.4, -0.2) is 73.6 Å². The summed E-state index contributed by atoms with van der Waals surface area (Å²) < 4.78 is 19.1. The third-order valence-corrected chi connectivity index (χ3v) is 4.45. The Morgan fingerprint density at radius 3 is 2.48 bits per heavy atom. The van der Waals surface area contributed by atoms with E-state index in [2.05, 4.69) is 5.32 Å². The zero-order chi connectivity index (χ0) is 16.9. The molecule has 8 heteroatoms. The molecule has 0 radical (unpaired) electrons. The summed E-state index contributed by atoms with van der Waals surface area (Å²) in [5.41, 5.74) is 0.405. The lowest BCUT2D eigenvalue weighted by Gasteiger charge is -2.37. The van der Waals surface area contributed by atoms with Gasteiger partial charge in [-0.1, -0.05) is 18.2 Å². The Bertz CT molecular complexity index is 603. The molecule has 1 aromatic carbocycles. The number of carbonyl (C=O) groups is 2. The Labute approximate surface area is 152 Å². The van der Waals surface area contributed by atoms with E-state index in [0.717, 1.165) is 6.54 Å². The number of amides is 2. The average Bonchev–Trinajstić information content (AvgIpc) is 2.64. The number of morpholine rings is 1. The maximum absolute atomic E-state index is 13.6. The molecule has 2 heterocycles. The van der Waals surface area contributed by atoms with Crippen LogP contribution in [0.1, 0.15) is 5.56 Å². The minimum Gasteiger partial charge on any atom is -0.366 e. The van der Waals surface area contributed by atoms with Crippen molar-refractivity contribution < 1.29 is 18.7 Å². The first-order chi connectivity index (χ1) is 11.6. The molecule has 138 valence electrons. The van der Waals surface area contributed by atoms with E-state index in [1.165, 1.54) is 6.07 Å². The number of piperazine rings is 1. The largest absolute Gasteiger partial charge is 0.366 e. The standard InChI is InChI=1S/C17H22FN3O3.ClH/c18-14-4-2-1-3-13(14)11-16(22)20-6-8-21(9-7-20)17(23)15-12-19-5-10-24-15;/h1-4,15,19H,5-12H2;1H. The van der Waals surface area contributed by atoms with Gasteiger partial charge < -0.3 is 19.9 Å². The van der Waals surface area contributed by atoms with Crippen LogP contribution in [0.4, 0.5) is 4.39 Å². The van der Waals surface area contributed by atoms with E-state index >= 15 is 0 Å². The van der Waals surface area contributed by atoms with Gasteiger partial charge in [0.05, 0.1) is 13.0 Å². The summed E-state index contributed by atoms with van der Waals surface area (Å²) in [6, 6.07) is 6.31. The second-order valence-electron chi connectivity index (χ2n) is 6.04. The molecule has 0 spiro atoms. The van der Waals surface area contributed by atoms with E-state index < -0.39 is 6.10 Å². The highest BCUT2D eigenvalue weighted by atomic mass is 35.5. The van der Waals surface area contributed by atoms with Crippen molar-refractivity contribution in [1.82, 2.24) is 15.1 Å². The Morgan fingerprint density at radius 1 is 1.16 bits per heavy atom. The molecular formula is C17H23ClFN3O3. The fourth-order valence-corrected chi connectivity index (χ4v) is 3.02. The lowest BCUT2D eigenvalue weighted by Crippen LogP contribution is -2.56. The molecule has 1 atom stereocenters. The number of hydrogen-bond donors (Lipinski definition) is 1. The van der Waals surface area contributed by atoms with Gasteiger partial charge in [-0.15, -0.1) is 12.4 Å². The molecule has 0 saturated carbocycles. The summed E-state index contributed by atoms with van der Waals surface area (Å²) in [6.45, 7) is 3.76. The molecule has 0 aliphatic carbocycles. The topological polar surface area (TPSA) is 61.9 Å². The van der Waals surface area contributed by atoms with Gasteiger partial charge in [-0.05, 0) is 11.6 Å². The highest BCUT2D eigenvalue weighted by molar-refractivity contribution is 5.85. The molecule has 3 rings (SSSR count). The minimum absolute atomic E-state index is 0. The smallest absolute Gasteiger partial charge is 0.253 e. The van der Waals surface area contributed by atoms with Gasteiger partial charge in [-0.25, -0.2) is 4.39 Å². The van der Waals surface area contributed by atoms with Gasteiger partial charge in [0.1, 0.15) is 11.9 Å². The molecule has 2 amide bonds. The number of rotatable bonds is 3. The maximum atomic E-state index is 13.6. The zero-order valence-corrected chi connectivity index (χ0v) is 14.8. The van der Waals surface area contributed by atoms with Crippen LogP contribution in [0.3, 0.4) is 0 Å². The van der Waals surface area contributed by atoms with Crippen molar-refractivity contribution in [3.05, 3.63) is 35.6 Å². The Morgan fingerprint density at radius 2 is 1.84 bits per heavy atom. The van der Waals surface area contributed by atoms with Crippen LogP contribution in [0.25, 0.3) is 0 Å². The van der Waals surface area contributed by atoms with Gasteiger partial charge in [-0.2, -0.15) is 0 Å². The van der Waals surface area contributed by atoms with Crippen molar-refractivity contribution in [2.75, 3.05) is 45.9 Å². The SMILES string of the molecule is Cl.O=C(Cc1ccccc1F)N1CCN(C(=O)C2CNCCO2)CC1. The second kappa shape index (κ2) is 9.12. The van der Waals surface area contributed by atoms with Gasteiger partial charge in [0.15, 0.2) is 0 Å². The van der Waals surface area contributed by atoms with E-state index in [0.29, 0.717) is 44.9 Å². The number of benzene rings is 1. The fraction of sp³-hybridized carbons (Fsp3) is 0.529. The van der Waals surface area contributed by atoms with E-state index in [-0.39, 0.29) is 36.5 Å². The number of hydrogen-bond acceptors (Lipinski definition) is 4. The molecule has 2 saturated heterocycles. The number of ether oxygens (including phenoxy) is 1. The van der Waals surface area contributed by atoms with E-state index in [1.54, 1.807) is 28.0 Å². The molecule has 0 bridgehead atoms. The monoisotopic (exact) mass is 371 g/mol. The van der Waals surface area contributed by atoms with Gasteiger partial charge in [-0.3, -0.25) is 9.59 Å². The number of halogens is 2. The fourth-order valence-electron chi connectivity index (χ4n) is 3.02. The summed E-state index contributed by atoms with van der Waals surface area (Å²) in [6.07, 6.45) is -0.379. The van der Waals surface area contributed by atoms with Crippen LogP contribution in [0, 0.1) is 5.82 Å². The van der Waals surface area contributed by atoms with Crippen LogP contribution in [0.2, 0.25) is 0 Å². The molecule has 1 N–H and O–H groups in total. The summed E-state index contributed by atoms with van der Waals surface area (Å²) in [5, 5.41) is 3.14. The summed E-state index contributed by atoms with van der Waals surface area (Å²) in [5.74, 6) is -0.493. The molecule has 2 aliphatic heterocycles. The summed E-state index contributed by atoms with van der Waals surface area (Å²) >= 11 is 0. The average molecular weight is 372 g/mol. The lowest BCUT2D eigenvalue weighted by molar-refractivity contribution is -0.149.